The number of nitrogens with two attached hydrogens (primary N) is 1. The predicted octanol–water partition coefficient (Wildman–Crippen LogP) is 2.83. The van der Waals surface area contributed by atoms with Crippen molar-refractivity contribution in [1.82, 2.24) is 25.0 Å². The van der Waals surface area contributed by atoms with Gasteiger partial charge < -0.3 is 15.6 Å². The van der Waals surface area contributed by atoms with E-state index in [1.165, 1.54) is 12.3 Å². The van der Waals surface area contributed by atoms with Crippen molar-refractivity contribution < 1.29 is 14.2 Å². The Hall–Kier alpha value is -3.56. The van der Waals surface area contributed by atoms with Crippen molar-refractivity contribution >= 4 is 0 Å². The number of aromatic nitrogens is 5. The van der Waals surface area contributed by atoms with Crippen LogP contribution < -0.4 is 10.5 Å². The van der Waals surface area contributed by atoms with Crippen molar-refractivity contribution in [2.75, 3.05) is 13.7 Å². The molecule has 0 unspecified atom stereocenters. The van der Waals surface area contributed by atoms with E-state index in [4.69, 9.17) is 15.6 Å². The summed E-state index contributed by atoms with van der Waals surface area (Å²) in [6, 6.07) is 12.2. The number of rotatable bonds is 6. The Morgan fingerprint density at radius 1 is 1.14 bits per heavy atom. The quantitative estimate of drug-likeness (QED) is 0.462. The zero-order valence-corrected chi connectivity index (χ0v) is 15.8. The molecule has 0 saturated heterocycles. The van der Waals surface area contributed by atoms with Crippen LogP contribution in [0.3, 0.4) is 0 Å². The topological polar surface area (TPSA) is 115 Å². The summed E-state index contributed by atoms with van der Waals surface area (Å²) in [5, 5.41) is 18.1. The number of H-pyrrole nitrogens is 1. The second kappa shape index (κ2) is 9.58. The van der Waals surface area contributed by atoms with Gasteiger partial charge in [-0.15, -0.1) is 0 Å². The fourth-order valence-corrected chi connectivity index (χ4v) is 2.64. The van der Waals surface area contributed by atoms with Crippen molar-refractivity contribution in [2.24, 2.45) is 5.73 Å². The molecule has 0 bridgehead atoms. The van der Waals surface area contributed by atoms with E-state index in [1.54, 1.807) is 29.1 Å². The van der Waals surface area contributed by atoms with Crippen molar-refractivity contribution in [1.29, 1.82) is 0 Å². The van der Waals surface area contributed by atoms with Gasteiger partial charge in [-0.05, 0) is 42.5 Å². The molecular formula is C20H21FN6O2. The third kappa shape index (κ3) is 4.84. The molecule has 3 aromatic heterocycles. The number of aromatic amines is 1. The summed E-state index contributed by atoms with van der Waals surface area (Å²) in [6.07, 6.45) is 5.01. The summed E-state index contributed by atoms with van der Waals surface area (Å²) in [7, 11) is 1.00. The Kier molecular flexibility index (Phi) is 6.67. The van der Waals surface area contributed by atoms with E-state index in [9.17, 15) is 4.39 Å². The maximum absolute atomic E-state index is 14.3. The zero-order chi connectivity index (χ0) is 20.6. The number of benzene rings is 1. The van der Waals surface area contributed by atoms with Crippen LogP contribution in [0.5, 0.6) is 11.6 Å². The van der Waals surface area contributed by atoms with Crippen LogP contribution in [0.25, 0.3) is 22.5 Å². The summed E-state index contributed by atoms with van der Waals surface area (Å²) < 4.78 is 21.7. The fourth-order valence-electron chi connectivity index (χ4n) is 2.64. The number of pyridine rings is 1. The normalized spacial score (nSPS) is 10.3. The number of aliphatic hydroxyl groups is 1. The van der Waals surface area contributed by atoms with Gasteiger partial charge in [-0.2, -0.15) is 10.2 Å². The minimum atomic E-state index is -0.549. The smallest absolute Gasteiger partial charge is 0.255 e. The molecule has 0 fully saturated rings. The lowest BCUT2D eigenvalue weighted by molar-refractivity contribution is 0.399. The van der Waals surface area contributed by atoms with Gasteiger partial charge in [-0.25, -0.2) is 9.37 Å². The number of hydrogen-bond donors (Lipinski definition) is 3. The van der Waals surface area contributed by atoms with Gasteiger partial charge >= 0.3 is 0 Å². The Balaban J connectivity index is 0.00000117. The Labute approximate surface area is 166 Å². The van der Waals surface area contributed by atoms with Gasteiger partial charge in [-0.3, -0.25) is 9.78 Å². The van der Waals surface area contributed by atoms with E-state index in [1.807, 2.05) is 24.4 Å². The van der Waals surface area contributed by atoms with Crippen LogP contribution in [0.4, 0.5) is 4.39 Å². The SMILES string of the molecule is CO.NCCn1ccc(-c2ccc(Oc3ncc(-c4ccn[nH]4)cc3F)cc2)n1. The second-order valence-electron chi connectivity index (χ2n) is 5.86. The molecule has 0 saturated carbocycles. The van der Waals surface area contributed by atoms with E-state index in [-0.39, 0.29) is 5.88 Å². The molecule has 0 aliphatic heterocycles. The van der Waals surface area contributed by atoms with Crippen LogP contribution in [0.2, 0.25) is 0 Å². The first-order chi connectivity index (χ1) is 14.2. The zero-order valence-electron chi connectivity index (χ0n) is 15.8. The van der Waals surface area contributed by atoms with Crippen molar-refractivity contribution in [3.63, 3.8) is 0 Å². The highest BCUT2D eigenvalue weighted by molar-refractivity contribution is 5.60. The van der Waals surface area contributed by atoms with Crippen LogP contribution in [0.1, 0.15) is 0 Å². The van der Waals surface area contributed by atoms with Crippen LogP contribution in [-0.4, -0.2) is 43.7 Å². The summed E-state index contributed by atoms with van der Waals surface area (Å²) in [5.41, 5.74) is 8.58. The van der Waals surface area contributed by atoms with Crippen LogP contribution >= 0.6 is 0 Å². The standard InChI is InChI=1S/C19H17FN6O.CH4O/c20-16-11-14(17-5-8-23-24-17)12-22-19(16)27-15-3-1-13(2-4-15)18-6-9-26(25-18)10-7-21;1-2/h1-6,8-9,11-12H,7,10,21H2,(H,23,24);2H,1H3. The lowest BCUT2D eigenvalue weighted by Gasteiger charge is -2.07. The predicted molar refractivity (Wildman–Crippen MR) is 107 cm³/mol. The average molecular weight is 396 g/mol. The molecular weight excluding hydrogens is 375 g/mol. The lowest BCUT2D eigenvalue weighted by Crippen LogP contribution is -2.09. The number of halogens is 1. The van der Waals surface area contributed by atoms with Gasteiger partial charge in [0.2, 0.25) is 0 Å². The summed E-state index contributed by atoms with van der Waals surface area (Å²) in [6.45, 7) is 1.20. The number of hydrogen-bond acceptors (Lipinski definition) is 6. The number of ether oxygens (including phenoxy) is 1. The summed E-state index contributed by atoms with van der Waals surface area (Å²) in [5.74, 6) is -0.147. The molecule has 3 heterocycles. The van der Waals surface area contributed by atoms with Gasteiger partial charge in [0.15, 0.2) is 5.82 Å². The molecule has 150 valence electrons. The molecule has 0 aliphatic rings. The van der Waals surface area contributed by atoms with Gasteiger partial charge in [-0.1, -0.05) is 0 Å². The molecule has 0 spiro atoms. The van der Waals surface area contributed by atoms with Gasteiger partial charge in [0.05, 0.1) is 17.9 Å². The van der Waals surface area contributed by atoms with E-state index in [2.05, 4.69) is 20.3 Å². The molecule has 4 aromatic rings. The van der Waals surface area contributed by atoms with Crippen molar-refractivity contribution in [3.05, 3.63) is 66.9 Å². The molecule has 1 aromatic carbocycles. The largest absolute Gasteiger partial charge is 0.436 e. The minimum absolute atomic E-state index is 0.0850. The molecule has 0 amide bonds. The van der Waals surface area contributed by atoms with E-state index >= 15 is 0 Å². The Morgan fingerprint density at radius 2 is 1.93 bits per heavy atom. The third-order valence-corrected chi connectivity index (χ3v) is 3.98. The first kappa shape index (κ1) is 20.2. The molecule has 9 heteroatoms. The Bertz CT molecular complexity index is 1030. The molecule has 0 aliphatic carbocycles. The highest BCUT2D eigenvalue weighted by Crippen LogP contribution is 2.27. The summed E-state index contributed by atoms with van der Waals surface area (Å²) in [4.78, 5) is 4.06. The summed E-state index contributed by atoms with van der Waals surface area (Å²) >= 11 is 0. The van der Waals surface area contributed by atoms with E-state index < -0.39 is 5.82 Å². The first-order valence-corrected chi connectivity index (χ1v) is 8.85. The second-order valence-corrected chi connectivity index (χ2v) is 5.86. The molecule has 8 nitrogen and oxygen atoms in total. The van der Waals surface area contributed by atoms with Gasteiger partial charge in [0.25, 0.3) is 5.88 Å². The van der Waals surface area contributed by atoms with Crippen molar-refractivity contribution in [3.8, 4) is 34.1 Å². The average Bonchev–Trinajstić information content (AvgIpc) is 3.44. The first-order valence-electron chi connectivity index (χ1n) is 8.85. The highest BCUT2D eigenvalue weighted by Gasteiger charge is 2.10. The minimum Gasteiger partial charge on any atom is -0.436 e. The molecule has 0 atom stereocenters. The molecule has 0 radical (unpaired) electrons. The molecule has 4 rings (SSSR count). The van der Waals surface area contributed by atoms with E-state index in [0.29, 0.717) is 30.1 Å². The number of nitrogens with zero attached hydrogens (tertiary/aromatic N) is 4. The van der Waals surface area contributed by atoms with Crippen LogP contribution in [-0.2, 0) is 6.54 Å². The number of nitrogens with one attached hydrogen (secondary N) is 1. The highest BCUT2D eigenvalue weighted by atomic mass is 19.1. The monoisotopic (exact) mass is 396 g/mol. The molecule has 29 heavy (non-hydrogen) atoms. The molecule has 4 N–H and O–H groups in total. The van der Waals surface area contributed by atoms with Gasteiger partial charge in [0, 0.05) is 43.4 Å². The Morgan fingerprint density at radius 3 is 2.59 bits per heavy atom. The number of aliphatic hydroxyl groups excluding tert-OH is 1. The maximum Gasteiger partial charge on any atom is 0.255 e. The third-order valence-electron chi connectivity index (χ3n) is 3.98. The van der Waals surface area contributed by atoms with Crippen molar-refractivity contribution in [2.45, 2.75) is 6.54 Å². The maximum atomic E-state index is 14.3. The van der Waals surface area contributed by atoms with Crippen LogP contribution in [0.15, 0.2) is 61.1 Å². The van der Waals surface area contributed by atoms with Gasteiger partial charge in [0.1, 0.15) is 5.75 Å². The van der Waals surface area contributed by atoms with E-state index in [0.717, 1.165) is 18.4 Å². The lowest BCUT2D eigenvalue weighted by atomic mass is 10.1. The van der Waals surface area contributed by atoms with Crippen LogP contribution in [0, 0.1) is 5.82 Å². The fraction of sp³-hybridized carbons (Fsp3) is 0.150.